The lowest BCUT2D eigenvalue weighted by atomic mass is 10.1. The van der Waals surface area contributed by atoms with E-state index in [1.807, 2.05) is 11.6 Å². The summed E-state index contributed by atoms with van der Waals surface area (Å²) in [5, 5.41) is 4.50. The van der Waals surface area contributed by atoms with Gasteiger partial charge in [0.2, 0.25) is 0 Å². The van der Waals surface area contributed by atoms with E-state index in [1.54, 1.807) is 0 Å². The van der Waals surface area contributed by atoms with Crippen LogP contribution in [0.4, 0.5) is 5.82 Å². The topological polar surface area (TPSA) is 53.1 Å². The van der Waals surface area contributed by atoms with Crippen molar-refractivity contribution in [3.05, 3.63) is 9.26 Å². The molecule has 1 aliphatic heterocycles. The summed E-state index contributed by atoms with van der Waals surface area (Å²) in [6.45, 7) is 3.69. The van der Waals surface area contributed by atoms with Gasteiger partial charge in [0.25, 0.3) is 0 Å². The molecule has 5 heteroatoms. The fraction of sp³-hybridized carbons (Fsp3) is 0.700. The van der Waals surface area contributed by atoms with E-state index in [0.29, 0.717) is 6.04 Å². The van der Waals surface area contributed by atoms with Crippen molar-refractivity contribution >= 4 is 28.4 Å². The number of halogens is 1. The van der Waals surface area contributed by atoms with Gasteiger partial charge in [-0.05, 0) is 48.8 Å². The average molecular weight is 321 g/mol. The zero-order valence-electron chi connectivity index (χ0n) is 8.87. The summed E-state index contributed by atoms with van der Waals surface area (Å²) in [6, 6.07) is 0.412. The van der Waals surface area contributed by atoms with Crippen molar-refractivity contribution in [1.29, 1.82) is 0 Å². The van der Waals surface area contributed by atoms with Gasteiger partial charge >= 0.3 is 0 Å². The summed E-state index contributed by atoms with van der Waals surface area (Å²) >= 11 is 2.26. The molecule has 1 saturated heterocycles. The second-order valence-corrected chi connectivity index (χ2v) is 5.01. The molecule has 2 N–H and O–H groups in total. The Kier molecular flexibility index (Phi) is 3.50. The largest absolute Gasteiger partial charge is 0.383 e. The van der Waals surface area contributed by atoms with Gasteiger partial charge in [0.05, 0.1) is 15.3 Å². The summed E-state index contributed by atoms with van der Waals surface area (Å²) < 4.78 is 8.50. The SMILES string of the molecule is Cc1nn(C2CCCOCC2)c(N)c1I. The van der Waals surface area contributed by atoms with Gasteiger partial charge in [-0.15, -0.1) is 0 Å². The third-order valence-electron chi connectivity index (χ3n) is 2.81. The molecule has 0 radical (unpaired) electrons. The standard InChI is InChI=1S/C10H16IN3O/c1-7-9(11)10(12)14(13-7)8-3-2-5-15-6-4-8/h8H,2-6,12H2,1H3. The molecule has 0 aromatic carbocycles. The molecule has 0 saturated carbocycles. The highest BCUT2D eigenvalue weighted by Crippen LogP contribution is 2.27. The van der Waals surface area contributed by atoms with Crippen LogP contribution in [0.1, 0.15) is 31.0 Å². The van der Waals surface area contributed by atoms with Crippen LogP contribution in [0.2, 0.25) is 0 Å². The van der Waals surface area contributed by atoms with Crippen molar-refractivity contribution in [2.45, 2.75) is 32.2 Å². The summed E-state index contributed by atoms with van der Waals surface area (Å²) in [4.78, 5) is 0. The predicted molar refractivity (Wildman–Crippen MR) is 67.8 cm³/mol. The third kappa shape index (κ3) is 2.28. The van der Waals surface area contributed by atoms with Crippen LogP contribution in [0.5, 0.6) is 0 Å². The van der Waals surface area contributed by atoms with Gasteiger partial charge in [0.15, 0.2) is 0 Å². The lowest BCUT2D eigenvalue weighted by Gasteiger charge is -2.15. The van der Waals surface area contributed by atoms with E-state index in [1.165, 1.54) is 0 Å². The molecule has 0 spiro atoms. The fourth-order valence-electron chi connectivity index (χ4n) is 1.95. The number of hydrogen-bond donors (Lipinski definition) is 1. The number of aromatic nitrogens is 2. The number of nitrogens with zero attached hydrogens (tertiary/aromatic N) is 2. The lowest BCUT2D eigenvalue weighted by Crippen LogP contribution is -2.14. The first-order valence-electron chi connectivity index (χ1n) is 5.28. The maximum absolute atomic E-state index is 6.04. The van der Waals surface area contributed by atoms with E-state index < -0.39 is 0 Å². The zero-order valence-corrected chi connectivity index (χ0v) is 11.0. The first-order valence-corrected chi connectivity index (χ1v) is 6.36. The summed E-state index contributed by atoms with van der Waals surface area (Å²) in [7, 11) is 0. The minimum atomic E-state index is 0.412. The molecule has 0 aliphatic carbocycles. The Bertz CT molecular complexity index is 343. The van der Waals surface area contributed by atoms with E-state index in [0.717, 1.165) is 47.6 Å². The maximum atomic E-state index is 6.04. The highest BCUT2D eigenvalue weighted by Gasteiger charge is 2.19. The molecule has 1 fully saturated rings. The molecule has 84 valence electrons. The van der Waals surface area contributed by atoms with Gasteiger partial charge in [-0.3, -0.25) is 0 Å². The van der Waals surface area contributed by atoms with Gasteiger partial charge in [-0.2, -0.15) is 5.10 Å². The first-order chi connectivity index (χ1) is 7.20. The van der Waals surface area contributed by atoms with Crippen molar-refractivity contribution < 1.29 is 4.74 Å². The zero-order chi connectivity index (χ0) is 10.8. The Balaban J connectivity index is 2.23. The monoisotopic (exact) mass is 321 g/mol. The second-order valence-electron chi connectivity index (χ2n) is 3.93. The van der Waals surface area contributed by atoms with Gasteiger partial charge in [-0.25, -0.2) is 4.68 Å². The molecule has 1 atom stereocenters. The normalized spacial score (nSPS) is 22.7. The predicted octanol–water partition coefficient (Wildman–Crippen LogP) is 2.12. The number of aryl methyl sites for hydroxylation is 1. The number of hydrogen-bond acceptors (Lipinski definition) is 3. The molecule has 1 aliphatic rings. The molecule has 1 aromatic heterocycles. The first kappa shape index (κ1) is 11.2. The number of anilines is 1. The lowest BCUT2D eigenvalue weighted by molar-refractivity contribution is 0.141. The van der Waals surface area contributed by atoms with Crippen LogP contribution in [0, 0.1) is 10.5 Å². The van der Waals surface area contributed by atoms with Crippen molar-refractivity contribution in [2.24, 2.45) is 0 Å². The average Bonchev–Trinajstić information content (AvgIpc) is 2.51. The van der Waals surface area contributed by atoms with Crippen LogP contribution in [0.15, 0.2) is 0 Å². The molecular formula is C10H16IN3O. The van der Waals surface area contributed by atoms with E-state index in [9.17, 15) is 0 Å². The highest BCUT2D eigenvalue weighted by atomic mass is 127. The minimum Gasteiger partial charge on any atom is -0.383 e. The van der Waals surface area contributed by atoms with Gasteiger partial charge in [0.1, 0.15) is 5.82 Å². The molecule has 1 unspecified atom stereocenters. The molecule has 0 amide bonds. The molecule has 0 bridgehead atoms. The van der Waals surface area contributed by atoms with Crippen LogP contribution >= 0.6 is 22.6 Å². The van der Waals surface area contributed by atoms with Crippen LogP contribution in [-0.2, 0) is 4.74 Å². The highest BCUT2D eigenvalue weighted by molar-refractivity contribution is 14.1. The van der Waals surface area contributed by atoms with Crippen molar-refractivity contribution in [3.8, 4) is 0 Å². The smallest absolute Gasteiger partial charge is 0.135 e. The Hall–Kier alpha value is -0.300. The number of nitrogens with two attached hydrogens (primary N) is 1. The molecule has 15 heavy (non-hydrogen) atoms. The van der Waals surface area contributed by atoms with E-state index in [2.05, 4.69) is 27.7 Å². The van der Waals surface area contributed by atoms with E-state index >= 15 is 0 Å². The second kappa shape index (κ2) is 4.69. The van der Waals surface area contributed by atoms with Crippen molar-refractivity contribution in [1.82, 2.24) is 9.78 Å². The van der Waals surface area contributed by atoms with Crippen molar-refractivity contribution in [3.63, 3.8) is 0 Å². The molecule has 4 nitrogen and oxygen atoms in total. The van der Waals surface area contributed by atoms with E-state index in [4.69, 9.17) is 10.5 Å². The summed E-state index contributed by atoms with van der Waals surface area (Å²) in [5.74, 6) is 0.806. The minimum absolute atomic E-state index is 0.412. The summed E-state index contributed by atoms with van der Waals surface area (Å²) in [5.41, 5.74) is 7.06. The Morgan fingerprint density at radius 1 is 1.47 bits per heavy atom. The molecule has 2 heterocycles. The van der Waals surface area contributed by atoms with Crippen LogP contribution in [0.3, 0.4) is 0 Å². The maximum Gasteiger partial charge on any atom is 0.135 e. The van der Waals surface area contributed by atoms with Crippen LogP contribution < -0.4 is 5.73 Å². The number of rotatable bonds is 1. The van der Waals surface area contributed by atoms with Gasteiger partial charge in [-0.1, -0.05) is 0 Å². The summed E-state index contributed by atoms with van der Waals surface area (Å²) in [6.07, 6.45) is 3.22. The van der Waals surface area contributed by atoms with Crippen LogP contribution in [0.25, 0.3) is 0 Å². The van der Waals surface area contributed by atoms with Crippen LogP contribution in [-0.4, -0.2) is 23.0 Å². The Labute approximate surface area is 103 Å². The number of ether oxygens (including phenoxy) is 1. The van der Waals surface area contributed by atoms with Gasteiger partial charge < -0.3 is 10.5 Å². The Morgan fingerprint density at radius 3 is 2.93 bits per heavy atom. The quantitative estimate of drug-likeness (QED) is 0.806. The molecular weight excluding hydrogens is 305 g/mol. The molecule has 2 rings (SSSR count). The van der Waals surface area contributed by atoms with E-state index in [-0.39, 0.29) is 0 Å². The molecule has 1 aromatic rings. The Morgan fingerprint density at radius 2 is 2.27 bits per heavy atom. The van der Waals surface area contributed by atoms with Crippen molar-refractivity contribution in [2.75, 3.05) is 18.9 Å². The fourth-order valence-corrected chi connectivity index (χ4v) is 2.31. The van der Waals surface area contributed by atoms with Gasteiger partial charge in [0, 0.05) is 13.2 Å². The third-order valence-corrected chi connectivity index (χ3v) is 4.15. The number of nitrogen functional groups attached to an aromatic ring is 1.